The quantitative estimate of drug-likeness (QED) is 0.331. The number of aryl methyl sites for hydroxylation is 1. The van der Waals surface area contributed by atoms with E-state index in [1.807, 2.05) is 36.6 Å². The van der Waals surface area contributed by atoms with E-state index in [0.29, 0.717) is 10.6 Å². The summed E-state index contributed by atoms with van der Waals surface area (Å²) < 4.78 is 2.11. The average Bonchev–Trinajstić information content (AvgIpc) is 3.07. The molecular weight excluding hydrogens is 322 g/mol. The van der Waals surface area contributed by atoms with Crippen molar-refractivity contribution in [3.63, 3.8) is 0 Å². The van der Waals surface area contributed by atoms with Crippen LogP contribution in [0.5, 0.6) is 0 Å². The highest BCUT2D eigenvalue weighted by atomic mass is 32.2. The molecule has 2 aromatic heterocycles. The smallest absolute Gasteiger partial charge is 0.275 e. The summed E-state index contributed by atoms with van der Waals surface area (Å²) in [7, 11) is 0. The molecule has 3 aromatic rings. The van der Waals surface area contributed by atoms with Gasteiger partial charge in [-0.1, -0.05) is 30.0 Å². The summed E-state index contributed by atoms with van der Waals surface area (Å²) in [6.45, 7) is 1.98. The maximum atomic E-state index is 12.0. The molecule has 0 aliphatic carbocycles. The molecule has 0 bridgehead atoms. The molecule has 7 heteroatoms. The Bertz CT molecular complexity index is 794. The number of hydrogen-bond acceptors (Lipinski definition) is 6. The van der Waals surface area contributed by atoms with Gasteiger partial charge in [0, 0.05) is 21.5 Å². The van der Waals surface area contributed by atoms with Gasteiger partial charge in [0.15, 0.2) is 0 Å². The fraction of sp³-hybridized carbons (Fsp3) is 0.143. The number of nitrogen functional groups attached to an aromatic ring is 1. The molecule has 1 aromatic carbocycles. The Morgan fingerprint density at radius 3 is 2.95 bits per heavy atom. The lowest BCUT2D eigenvalue weighted by Gasteiger charge is -2.02. The molecule has 0 aliphatic heterocycles. The Morgan fingerprint density at radius 2 is 2.24 bits per heavy atom. The highest BCUT2D eigenvalue weighted by Crippen LogP contribution is 2.36. The van der Waals surface area contributed by atoms with E-state index < -0.39 is 0 Å². The summed E-state index contributed by atoms with van der Waals surface area (Å²) in [5, 5.41) is 3.14. The lowest BCUT2D eigenvalue weighted by atomic mass is 10.1. The van der Waals surface area contributed by atoms with Crippen molar-refractivity contribution in [2.24, 2.45) is 5.84 Å². The molecule has 108 valence electrons. The minimum atomic E-state index is -0.234. The van der Waals surface area contributed by atoms with Crippen LogP contribution in [0, 0.1) is 6.92 Å². The lowest BCUT2D eigenvalue weighted by molar-refractivity contribution is 0.0957. The van der Waals surface area contributed by atoms with E-state index in [2.05, 4.69) is 10.4 Å². The summed E-state index contributed by atoms with van der Waals surface area (Å²) in [4.78, 5) is 17.1. The number of amides is 1. The molecule has 21 heavy (non-hydrogen) atoms. The third-order valence-corrected chi connectivity index (χ3v) is 6.35. The number of thiophene rings is 1. The first kappa shape index (κ1) is 14.5. The van der Waals surface area contributed by atoms with Crippen molar-refractivity contribution >= 4 is 50.4 Å². The van der Waals surface area contributed by atoms with Gasteiger partial charge in [-0.2, -0.15) is 0 Å². The number of thioether (sulfide) groups is 1. The predicted molar refractivity (Wildman–Crippen MR) is 89.9 cm³/mol. The second-order valence-corrected chi connectivity index (χ2v) is 7.56. The summed E-state index contributed by atoms with van der Waals surface area (Å²) in [5.41, 5.74) is 4.28. The Balaban J connectivity index is 1.96. The minimum absolute atomic E-state index is 0.234. The van der Waals surface area contributed by atoms with Gasteiger partial charge in [0.2, 0.25) is 0 Å². The van der Waals surface area contributed by atoms with Crippen LogP contribution in [0.25, 0.3) is 10.1 Å². The number of aromatic nitrogens is 1. The number of benzene rings is 1. The topological polar surface area (TPSA) is 68.0 Å². The highest BCUT2D eigenvalue weighted by molar-refractivity contribution is 8.00. The van der Waals surface area contributed by atoms with E-state index in [0.717, 1.165) is 25.7 Å². The van der Waals surface area contributed by atoms with Crippen LogP contribution in [0.15, 0.2) is 34.0 Å². The van der Waals surface area contributed by atoms with Crippen molar-refractivity contribution < 1.29 is 4.79 Å². The molecule has 1 amide bonds. The Kier molecular flexibility index (Phi) is 4.25. The molecule has 0 spiro atoms. The van der Waals surface area contributed by atoms with Crippen LogP contribution < -0.4 is 11.3 Å². The molecule has 0 fully saturated rings. The molecule has 0 atom stereocenters. The monoisotopic (exact) mass is 335 g/mol. The van der Waals surface area contributed by atoms with E-state index in [9.17, 15) is 4.79 Å². The highest BCUT2D eigenvalue weighted by Gasteiger charge is 2.18. The van der Waals surface area contributed by atoms with Crippen LogP contribution in [-0.2, 0) is 5.75 Å². The SMILES string of the molecule is Cc1csc(SCc2c(C(=O)NN)sc3ccccc23)n1. The van der Waals surface area contributed by atoms with E-state index in [-0.39, 0.29) is 5.91 Å². The number of rotatable bonds is 4. The number of hydrogen-bond donors (Lipinski definition) is 2. The molecule has 0 saturated heterocycles. The molecular formula is C14H13N3OS3. The van der Waals surface area contributed by atoms with E-state index in [1.165, 1.54) is 11.3 Å². The Hall–Kier alpha value is -1.41. The summed E-state index contributed by atoms with van der Waals surface area (Å²) in [6.07, 6.45) is 0. The second-order valence-electron chi connectivity index (χ2n) is 4.42. The molecule has 3 rings (SSSR count). The predicted octanol–water partition coefficient (Wildman–Crippen LogP) is 3.56. The number of carbonyl (C=O) groups excluding carboxylic acids is 1. The third kappa shape index (κ3) is 2.96. The molecule has 0 unspecified atom stereocenters. The molecule has 3 N–H and O–H groups in total. The minimum Gasteiger partial charge on any atom is -0.289 e. The van der Waals surface area contributed by atoms with E-state index >= 15 is 0 Å². The summed E-state index contributed by atoms with van der Waals surface area (Å²) >= 11 is 4.75. The van der Waals surface area contributed by atoms with Gasteiger partial charge in [-0.25, -0.2) is 10.8 Å². The average molecular weight is 335 g/mol. The van der Waals surface area contributed by atoms with Gasteiger partial charge in [0.25, 0.3) is 5.91 Å². The number of nitrogens with one attached hydrogen (secondary N) is 1. The van der Waals surface area contributed by atoms with E-state index in [1.54, 1.807) is 23.1 Å². The van der Waals surface area contributed by atoms with Gasteiger partial charge in [0.05, 0.1) is 4.88 Å². The maximum absolute atomic E-state index is 12.0. The zero-order valence-electron chi connectivity index (χ0n) is 11.3. The van der Waals surface area contributed by atoms with Crippen LogP contribution in [0.3, 0.4) is 0 Å². The van der Waals surface area contributed by atoms with Crippen LogP contribution in [0.2, 0.25) is 0 Å². The zero-order valence-corrected chi connectivity index (χ0v) is 13.7. The Morgan fingerprint density at radius 1 is 1.43 bits per heavy atom. The molecule has 2 heterocycles. The fourth-order valence-corrected chi connectivity index (χ4v) is 5.13. The second kappa shape index (κ2) is 6.15. The van der Waals surface area contributed by atoms with Crippen molar-refractivity contribution in [1.82, 2.24) is 10.4 Å². The molecule has 0 aliphatic rings. The van der Waals surface area contributed by atoms with Crippen LogP contribution in [-0.4, -0.2) is 10.9 Å². The van der Waals surface area contributed by atoms with Crippen LogP contribution in [0.1, 0.15) is 20.9 Å². The van der Waals surface area contributed by atoms with Crippen molar-refractivity contribution in [3.05, 3.63) is 45.8 Å². The van der Waals surface area contributed by atoms with Crippen LogP contribution >= 0.6 is 34.4 Å². The van der Waals surface area contributed by atoms with Crippen LogP contribution in [0.4, 0.5) is 0 Å². The van der Waals surface area contributed by atoms with Crippen molar-refractivity contribution in [3.8, 4) is 0 Å². The van der Waals surface area contributed by atoms with Gasteiger partial charge in [-0.15, -0.1) is 22.7 Å². The first-order valence-corrected chi connectivity index (χ1v) is 8.93. The lowest BCUT2D eigenvalue weighted by Crippen LogP contribution is -2.29. The van der Waals surface area contributed by atoms with Crippen molar-refractivity contribution in [2.45, 2.75) is 17.0 Å². The number of thiazole rings is 1. The summed E-state index contributed by atoms with van der Waals surface area (Å²) in [5.74, 6) is 5.77. The Labute approximate surface area is 134 Å². The maximum Gasteiger partial charge on any atom is 0.275 e. The van der Waals surface area contributed by atoms with Gasteiger partial charge < -0.3 is 0 Å². The van der Waals surface area contributed by atoms with Gasteiger partial charge >= 0.3 is 0 Å². The first-order valence-electron chi connectivity index (χ1n) is 6.25. The number of carbonyl (C=O) groups is 1. The zero-order chi connectivity index (χ0) is 14.8. The number of nitrogens with zero attached hydrogens (tertiary/aromatic N) is 1. The van der Waals surface area contributed by atoms with Crippen molar-refractivity contribution in [2.75, 3.05) is 0 Å². The third-order valence-electron chi connectivity index (χ3n) is 2.97. The number of nitrogens with two attached hydrogens (primary N) is 1. The number of hydrazine groups is 1. The molecule has 4 nitrogen and oxygen atoms in total. The molecule has 0 saturated carbocycles. The van der Waals surface area contributed by atoms with Gasteiger partial charge in [0.1, 0.15) is 4.34 Å². The first-order chi connectivity index (χ1) is 10.2. The standard InChI is InChI=1S/C14H13N3OS3/c1-8-6-19-14(16-8)20-7-10-9-4-2-3-5-11(9)21-12(10)13(18)17-15/h2-6H,7,15H2,1H3,(H,17,18). The van der Waals surface area contributed by atoms with Gasteiger partial charge in [-0.3, -0.25) is 10.2 Å². The summed E-state index contributed by atoms with van der Waals surface area (Å²) in [6, 6.07) is 8.03. The number of fused-ring (bicyclic) bond motifs is 1. The normalized spacial score (nSPS) is 11.0. The fourth-order valence-electron chi connectivity index (χ4n) is 2.02. The van der Waals surface area contributed by atoms with E-state index in [4.69, 9.17) is 5.84 Å². The molecule has 0 radical (unpaired) electrons. The van der Waals surface area contributed by atoms with Crippen molar-refractivity contribution in [1.29, 1.82) is 0 Å². The largest absolute Gasteiger partial charge is 0.289 e. The van der Waals surface area contributed by atoms with Gasteiger partial charge in [-0.05, 0) is 23.9 Å².